The molecule has 0 saturated carbocycles. The van der Waals surface area contributed by atoms with E-state index >= 15 is 0 Å². The molecule has 2 rings (SSSR count). The number of hydrazine groups is 2. The fraction of sp³-hybridized carbons (Fsp3) is 0.448. The Morgan fingerprint density at radius 3 is 1.05 bits per heavy atom. The Labute approximate surface area is 250 Å². The van der Waals surface area contributed by atoms with Crippen LogP contribution in [-0.2, 0) is 9.59 Å². The molecule has 0 atom stereocenters. The molecule has 4 N–H and O–H groups in total. The molecule has 4 amide bonds. The highest BCUT2D eigenvalue weighted by atomic mass is 16.5. The number of ether oxygens (including phenoxy) is 6. The van der Waals surface area contributed by atoms with Gasteiger partial charge in [-0.1, -0.05) is 19.3 Å². The van der Waals surface area contributed by atoms with Crippen LogP contribution in [0.3, 0.4) is 0 Å². The molecule has 2 aromatic rings. The van der Waals surface area contributed by atoms with Crippen molar-refractivity contribution in [3.05, 3.63) is 35.4 Å². The van der Waals surface area contributed by atoms with E-state index in [9.17, 15) is 19.2 Å². The lowest BCUT2D eigenvalue weighted by Crippen LogP contribution is -2.41. The minimum absolute atomic E-state index is 0.222. The maximum absolute atomic E-state index is 12.5. The second-order valence-corrected chi connectivity index (χ2v) is 9.10. The molecule has 0 heterocycles. The molecule has 43 heavy (non-hydrogen) atoms. The van der Waals surface area contributed by atoms with Gasteiger partial charge in [-0.25, -0.2) is 0 Å². The number of hydrogen-bond acceptors (Lipinski definition) is 10. The van der Waals surface area contributed by atoms with E-state index in [2.05, 4.69) is 21.7 Å². The van der Waals surface area contributed by atoms with E-state index < -0.39 is 11.8 Å². The molecule has 0 saturated heterocycles. The van der Waals surface area contributed by atoms with E-state index in [0.717, 1.165) is 19.3 Å². The summed E-state index contributed by atoms with van der Waals surface area (Å²) in [5, 5.41) is 0. The number of carbonyl (C=O) groups excluding carboxylic acids is 4. The van der Waals surface area contributed by atoms with Gasteiger partial charge in [0, 0.05) is 24.0 Å². The smallest absolute Gasteiger partial charge is 0.269 e. The van der Waals surface area contributed by atoms with Crippen LogP contribution in [0.25, 0.3) is 0 Å². The van der Waals surface area contributed by atoms with E-state index in [0.29, 0.717) is 47.3 Å². The summed E-state index contributed by atoms with van der Waals surface area (Å²) in [6.45, 7) is 0. The second kappa shape index (κ2) is 17.8. The van der Waals surface area contributed by atoms with Crippen molar-refractivity contribution in [3.63, 3.8) is 0 Å². The van der Waals surface area contributed by atoms with Crippen molar-refractivity contribution in [2.24, 2.45) is 0 Å². The zero-order valence-corrected chi connectivity index (χ0v) is 25.3. The summed E-state index contributed by atoms with van der Waals surface area (Å²) < 4.78 is 31.4. The number of methoxy groups -OCH3 is 6. The number of nitrogens with one attached hydrogen (secondary N) is 4. The fourth-order valence-corrected chi connectivity index (χ4v) is 4.05. The van der Waals surface area contributed by atoms with Crippen LogP contribution in [0, 0.1) is 0 Å². The second-order valence-electron chi connectivity index (χ2n) is 9.10. The lowest BCUT2D eigenvalue weighted by molar-refractivity contribution is -0.122. The number of amides is 4. The molecular formula is C29H40N4O10. The maximum atomic E-state index is 12.5. The highest BCUT2D eigenvalue weighted by Gasteiger charge is 2.18. The van der Waals surface area contributed by atoms with Crippen LogP contribution < -0.4 is 50.1 Å². The molecule has 236 valence electrons. The summed E-state index contributed by atoms with van der Waals surface area (Å²) in [6.07, 6.45) is 4.04. The van der Waals surface area contributed by atoms with Crippen molar-refractivity contribution in [2.75, 3.05) is 42.7 Å². The third kappa shape index (κ3) is 10.2. The van der Waals surface area contributed by atoms with Crippen molar-refractivity contribution in [2.45, 2.75) is 44.9 Å². The van der Waals surface area contributed by atoms with Gasteiger partial charge in [0.1, 0.15) is 0 Å². The van der Waals surface area contributed by atoms with Gasteiger partial charge in [0.05, 0.1) is 42.7 Å². The van der Waals surface area contributed by atoms with Crippen LogP contribution in [-0.4, -0.2) is 66.3 Å². The summed E-state index contributed by atoms with van der Waals surface area (Å²) in [6, 6.07) is 5.92. The average molecular weight is 605 g/mol. The van der Waals surface area contributed by atoms with E-state index in [1.54, 1.807) is 0 Å². The first-order valence-electron chi connectivity index (χ1n) is 13.5. The van der Waals surface area contributed by atoms with Crippen molar-refractivity contribution >= 4 is 23.6 Å². The van der Waals surface area contributed by atoms with Gasteiger partial charge in [0.2, 0.25) is 23.3 Å². The predicted octanol–water partition coefficient (Wildman–Crippen LogP) is 2.69. The standard InChI is InChI=1S/C29H40N4O10/c1-38-20-14-18(15-21(39-2)26(20)42-5)28(36)32-30-24(34)12-10-8-7-9-11-13-25(35)31-33-29(37)19-16-22(40-3)27(43-6)23(17-19)41-4/h14-17H,7-13H2,1-6H3,(H,30,34)(H,31,35)(H,32,36)(H,33,37). The van der Waals surface area contributed by atoms with E-state index in [-0.39, 0.29) is 35.8 Å². The maximum Gasteiger partial charge on any atom is 0.269 e. The quantitative estimate of drug-likeness (QED) is 0.165. The van der Waals surface area contributed by atoms with Gasteiger partial charge in [0.25, 0.3) is 11.8 Å². The van der Waals surface area contributed by atoms with Gasteiger partial charge in [-0.15, -0.1) is 0 Å². The molecule has 14 nitrogen and oxygen atoms in total. The van der Waals surface area contributed by atoms with Gasteiger partial charge >= 0.3 is 0 Å². The third-order valence-electron chi connectivity index (χ3n) is 6.29. The van der Waals surface area contributed by atoms with Crippen LogP contribution in [0.5, 0.6) is 34.5 Å². The zero-order chi connectivity index (χ0) is 31.8. The number of unbranched alkanes of at least 4 members (excludes halogenated alkanes) is 4. The molecule has 0 radical (unpaired) electrons. The molecule has 0 spiro atoms. The van der Waals surface area contributed by atoms with Gasteiger partial charge in [-0.05, 0) is 37.1 Å². The molecule has 0 aliphatic rings. The van der Waals surface area contributed by atoms with Crippen molar-refractivity contribution in [3.8, 4) is 34.5 Å². The predicted molar refractivity (Wildman–Crippen MR) is 156 cm³/mol. The molecule has 0 bridgehead atoms. The van der Waals surface area contributed by atoms with Crippen LogP contribution in [0.1, 0.15) is 65.7 Å². The molecule has 2 aromatic carbocycles. The molecule has 0 aliphatic carbocycles. The Morgan fingerprint density at radius 2 is 0.767 bits per heavy atom. The number of benzene rings is 2. The molecule has 0 unspecified atom stereocenters. The Kier molecular flexibility index (Phi) is 14.2. The molecule has 14 heteroatoms. The Bertz CT molecular complexity index is 1120. The number of carbonyl (C=O) groups is 4. The van der Waals surface area contributed by atoms with Gasteiger partial charge < -0.3 is 28.4 Å². The Morgan fingerprint density at radius 1 is 0.465 bits per heavy atom. The van der Waals surface area contributed by atoms with Crippen LogP contribution in [0.15, 0.2) is 24.3 Å². The van der Waals surface area contributed by atoms with E-state index in [1.807, 2.05) is 0 Å². The summed E-state index contributed by atoms with van der Waals surface area (Å²) in [4.78, 5) is 49.2. The van der Waals surface area contributed by atoms with E-state index in [1.165, 1.54) is 66.9 Å². The normalized spacial score (nSPS) is 10.2. The molecule has 0 fully saturated rings. The SMILES string of the molecule is COc1cc(C(=O)NNC(=O)CCCCCCCC(=O)NNC(=O)c2cc(OC)c(OC)c(OC)c2)cc(OC)c1OC. The summed E-state index contributed by atoms with van der Waals surface area (Å²) >= 11 is 0. The first-order chi connectivity index (χ1) is 20.7. The summed E-state index contributed by atoms with van der Waals surface area (Å²) in [5.41, 5.74) is 9.99. The first kappa shape index (κ1) is 34.3. The largest absolute Gasteiger partial charge is 0.493 e. The zero-order valence-electron chi connectivity index (χ0n) is 25.3. The van der Waals surface area contributed by atoms with Gasteiger partial charge in [-0.2, -0.15) is 0 Å². The van der Waals surface area contributed by atoms with Crippen LogP contribution in [0.2, 0.25) is 0 Å². The lowest BCUT2D eigenvalue weighted by Gasteiger charge is -2.14. The third-order valence-corrected chi connectivity index (χ3v) is 6.29. The summed E-state index contributed by atoms with van der Waals surface area (Å²) in [5.74, 6) is 0.234. The minimum Gasteiger partial charge on any atom is -0.493 e. The molecule has 0 aliphatic heterocycles. The highest BCUT2D eigenvalue weighted by molar-refractivity contribution is 5.97. The average Bonchev–Trinajstić information content (AvgIpc) is 3.03. The Hall–Kier alpha value is -4.88. The topological polar surface area (TPSA) is 172 Å². The number of rotatable bonds is 16. The lowest BCUT2D eigenvalue weighted by atomic mass is 10.1. The van der Waals surface area contributed by atoms with Crippen LogP contribution in [0.4, 0.5) is 0 Å². The van der Waals surface area contributed by atoms with Gasteiger partial charge in [0.15, 0.2) is 23.0 Å². The summed E-state index contributed by atoms with van der Waals surface area (Å²) in [7, 11) is 8.68. The van der Waals surface area contributed by atoms with Crippen molar-refractivity contribution < 1.29 is 47.6 Å². The number of hydrogen-bond donors (Lipinski definition) is 4. The first-order valence-corrected chi connectivity index (χ1v) is 13.5. The fourth-order valence-electron chi connectivity index (χ4n) is 4.05. The van der Waals surface area contributed by atoms with Crippen molar-refractivity contribution in [1.29, 1.82) is 0 Å². The van der Waals surface area contributed by atoms with Crippen molar-refractivity contribution in [1.82, 2.24) is 21.7 Å². The van der Waals surface area contributed by atoms with Gasteiger partial charge in [-0.3, -0.25) is 40.9 Å². The van der Waals surface area contributed by atoms with E-state index in [4.69, 9.17) is 28.4 Å². The molecule has 0 aromatic heterocycles. The Balaban J connectivity index is 1.63. The highest BCUT2D eigenvalue weighted by Crippen LogP contribution is 2.39. The molecular weight excluding hydrogens is 564 g/mol. The minimum atomic E-state index is -0.537. The van der Waals surface area contributed by atoms with Crippen LogP contribution >= 0.6 is 0 Å². The monoisotopic (exact) mass is 604 g/mol.